The van der Waals surface area contributed by atoms with Gasteiger partial charge in [0.25, 0.3) is 0 Å². The molecule has 0 heterocycles. The van der Waals surface area contributed by atoms with Crippen LogP contribution >= 0.6 is 0 Å². The molecule has 52 heavy (non-hydrogen) atoms. The van der Waals surface area contributed by atoms with Crippen LogP contribution in [0.4, 0.5) is 34.1 Å². The van der Waals surface area contributed by atoms with Crippen molar-refractivity contribution >= 4 is 79.7 Å². The number of hydrogen-bond acceptors (Lipinski definition) is 5. The van der Waals surface area contributed by atoms with Crippen molar-refractivity contribution in [1.29, 1.82) is 15.8 Å². The molecule has 6 heteroatoms. The minimum Gasteiger partial charge on any atom is -0.310 e. The highest BCUT2D eigenvalue weighted by Crippen LogP contribution is 2.47. The summed E-state index contributed by atoms with van der Waals surface area (Å²) in [6.07, 6.45) is 0. The first kappa shape index (κ1) is 32.3. The zero-order chi connectivity index (χ0) is 36.0. The van der Waals surface area contributed by atoms with E-state index in [1.807, 2.05) is 72.8 Å². The molecule has 246 valence electrons. The second-order valence-corrected chi connectivity index (χ2v) is 19.1. The van der Waals surface area contributed by atoms with Gasteiger partial charge in [-0.2, -0.15) is 15.8 Å². The maximum Gasteiger partial charge on any atom is 0.0991 e. The SMILES string of the molecule is C[Si](C)(C)c1cccc(N(c2ccc(C#N)cc2)c2ccc3ccc4c(N(c5ccc(C#N)cc5)c5ccc(C#N)cc5)ccc5ccc2c3c54)c1. The van der Waals surface area contributed by atoms with Crippen LogP contribution in [0.25, 0.3) is 32.3 Å². The first-order chi connectivity index (χ1) is 25.3. The van der Waals surface area contributed by atoms with Gasteiger partial charge in [-0.1, -0.05) is 73.4 Å². The fourth-order valence-electron chi connectivity index (χ4n) is 7.18. The van der Waals surface area contributed by atoms with Crippen molar-refractivity contribution in [3.8, 4) is 18.2 Å². The Bertz CT molecular complexity index is 2680. The van der Waals surface area contributed by atoms with Crippen LogP contribution in [0.3, 0.4) is 0 Å². The molecular formula is C46H33N5Si. The van der Waals surface area contributed by atoms with Gasteiger partial charge >= 0.3 is 0 Å². The Balaban J connectivity index is 1.39. The Morgan fingerprint density at radius 2 is 0.808 bits per heavy atom. The Morgan fingerprint density at radius 3 is 1.19 bits per heavy atom. The molecule has 0 N–H and O–H groups in total. The average Bonchev–Trinajstić information content (AvgIpc) is 3.18. The smallest absolute Gasteiger partial charge is 0.0991 e. The summed E-state index contributed by atoms with van der Waals surface area (Å²) >= 11 is 0. The van der Waals surface area contributed by atoms with Gasteiger partial charge in [0.15, 0.2) is 0 Å². The molecule has 0 bridgehead atoms. The third-order valence-corrected chi connectivity index (χ3v) is 11.9. The molecule has 8 aromatic rings. The van der Waals surface area contributed by atoms with Gasteiger partial charge in [0.1, 0.15) is 0 Å². The van der Waals surface area contributed by atoms with Gasteiger partial charge in [-0.3, -0.25) is 0 Å². The minimum absolute atomic E-state index is 0.591. The van der Waals surface area contributed by atoms with E-state index in [4.69, 9.17) is 0 Å². The number of nitriles is 3. The third kappa shape index (κ3) is 5.57. The average molecular weight is 684 g/mol. The van der Waals surface area contributed by atoms with E-state index in [-0.39, 0.29) is 0 Å². The van der Waals surface area contributed by atoms with Gasteiger partial charge < -0.3 is 9.80 Å². The van der Waals surface area contributed by atoms with Crippen LogP contribution in [-0.2, 0) is 0 Å². The Labute approximate surface area is 304 Å². The van der Waals surface area contributed by atoms with E-state index in [0.717, 1.165) is 61.1 Å². The predicted molar refractivity (Wildman–Crippen MR) is 217 cm³/mol. The van der Waals surface area contributed by atoms with Crippen molar-refractivity contribution in [3.05, 3.63) is 162 Å². The molecule has 0 radical (unpaired) electrons. The predicted octanol–water partition coefficient (Wildman–Crippen LogP) is 11.7. The highest BCUT2D eigenvalue weighted by atomic mass is 28.3. The van der Waals surface area contributed by atoms with Crippen LogP contribution in [0.1, 0.15) is 16.7 Å². The van der Waals surface area contributed by atoms with E-state index in [1.165, 1.54) is 10.6 Å². The largest absolute Gasteiger partial charge is 0.310 e. The molecule has 0 aliphatic heterocycles. The van der Waals surface area contributed by atoms with E-state index in [1.54, 1.807) is 0 Å². The van der Waals surface area contributed by atoms with Gasteiger partial charge in [-0.15, -0.1) is 0 Å². The molecular weight excluding hydrogens is 651 g/mol. The monoisotopic (exact) mass is 683 g/mol. The highest BCUT2D eigenvalue weighted by molar-refractivity contribution is 6.88. The number of nitrogens with zero attached hydrogens (tertiary/aromatic N) is 5. The van der Waals surface area contributed by atoms with Gasteiger partial charge in [0.05, 0.1) is 54.3 Å². The summed E-state index contributed by atoms with van der Waals surface area (Å²) in [7, 11) is -1.62. The zero-order valence-electron chi connectivity index (χ0n) is 29.1. The van der Waals surface area contributed by atoms with Crippen LogP contribution in [-0.4, -0.2) is 8.07 Å². The molecule has 0 saturated carbocycles. The van der Waals surface area contributed by atoms with Crippen molar-refractivity contribution in [2.75, 3.05) is 9.80 Å². The summed E-state index contributed by atoms with van der Waals surface area (Å²) in [5.74, 6) is 0. The quantitative estimate of drug-likeness (QED) is 0.123. The van der Waals surface area contributed by atoms with E-state index in [0.29, 0.717) is 16.7 Å². The Morgan fingerprint density at radius 1 is 0.423 bits per heavy atom. The molecule has 8 rings (SSSR count). The summed E-state index contributed by atoms with van der Waals surface area (Å²) < 4.78 is 0. The van der Waals surface area contributed by atoms with Crippen molar-refractivity contribution in [2.24, 2.45) is 0 Å². The summed E-state index contributed by atoms with van der Waals surface area (Å²) in [6.45, 7) is 7.10. The molecule has 0 aliphatic rings. The lowest BCUT2D eigenvalue weighted by Crippen LogP contribution is -2.37. The lowest BCUT2D eigenvalue weighted by Gasteiger charge is -2.30. The van der Waals surface area contributed by atoms with Gasteiger partial charge in [0.2, 0.25) is 0 Å². The summed E-state index contributed by atoms with van der Waals surface area (Å²) in [5.41, 5.74) is 7.74. The molecule has 0 unspecified atom stereocenters. The van der Waals surface area contributed by atoms with Crippen molar-refractivity contribution < 1.29 is 0 Å². The highest BCUT2D eigenvalue weighted by Gasteiger charge is 2.23. The molecule has 0 atom stereocenters. The maximum absolute atomic E-state index is 9.59. The first-order valence-corrected chi connectivity index (χ1v) is 20.7. The second-order valence-electron chi connectivity index (χ2n) is 14.0. The Kier molecular flexibility index (Phi) is 7.93. The molecule has 0 aromatic heterocycles. The van der Waals surface area contributed by atoms with E-state index < -0.39 is 8.07 Å². The number of anilines is 6. The third-order valence-electron chi connectivity index (χ3n) is 9.83. The fourth-order valence-corrected chi connectivity index (χ4v) is 8.36. The standard InChI is InChI=1S/C46H33N5Si/c1-52(2,3)40-6-4-5-39(27-40)51(38-21-11-33(30-49)12-22-38)44-26-16-35-13-23-41-43(25-15-34-14-24-42(44)46(35)45(34)41)50(36-17-7-31(28-47)8-18-36)37-19-9-32(29-48)10-20-37/h4-27H,1-3H3. The number of benzene rings is 8. The second kappa shape index (κ2) is 12.8. The van der Waals surface area contributed by atoms with Gasteiger partial charge in [-0.25, -0.2) is 0 Å². The van der Waals surface area contributed by atoms with Crippen molar-refractivity contribution in [2.45, 2.75) is 19.6 Å². The van der Waals surface area contributed by atoms with Crippen LogP contribution in [0, 0.1) is 34.0 Å². The topological polar surface area (TPSA) is 77.8 Å². The van der Waals surface area contributed by atoms with Crippen LogP contribution in [0.5, 0.6) is 0 Å². The van der Waals surface area contributed by atoms with E-state index in [2.05, 4.69) is 120 Å². The summed E-state index contributed by atoms with van der Waals surface area (Å²) in [6, 6.07) is 56.3. The maximum atomic E-state index is 9.59. The Hall–Kier alpha value is -6.91. The molecule has 5 nitrogen and oxygen atoms in total. The molecule has 8 aromatic carbocycles. The summed E-state index contributed by atoms with van der Waals surface area (Å²) in [5, 5.41) is 36.9. The van der Waals surface area contributed by atoms with Gasteiger partial charge in [-0.05, 0) is 119 Å². The number of hydrogen-bond donors (Lipinski definition) is 0. The van der Waals surface area contributed by atoms with Crippen LogP contribution in [0.15, 0.2) is 146 Å². The fraction of sp³-hybridized carbons (Fsp3) is 0.0652. The van der Waals surface area contributed by atoms with Crippen molar-refractivity contribution in [1.82, 2.24) is 0 Å². The molecule has 0 saturated heterocycles. The zero-order valence-corrected chi connectivity index (χ0v) is 30.1. The van der Waals surface area contributed by atoms with E-state index >= 15 is 0 Å². The normalized spacial score (nSPS) is 11.3. The van der Waals surface area contributed by atoms with Gasteiger partial charge in [0, 0.05) is 33.5 Å². The first-order valence-electron chi connectivity index (χ1n) is 17.2. The van der Waals surface area contributed by atoms with Crippen LogP contribution in [0.2, 0.25) is 19.6 Å². The summed E-state index contributed by atoms with van der Waals surface area (Å²) in [4.78, 5) is 4.51. The minimum atomic E-state index is -1.62. The van der Waals surface area contributed by atoms with Crippen molar-refractivity contribution in [3.63, 3.8) is 0 Å². The number of rotatable bonds is 7. The van der Waals surface area contributed by atoms with E-state index in [9.17, 15) is 15.8 Å². The lowest BCUT2D eigenvalue weighted by molar-refractivity contribution is 1.29. The molecule has 0 spiro atoms. The molecule has 0 amide bonds. The lowest BCUT2D eigenvalue weighted by atomic mass is 9.91. The molecule has 0 aliphatic carbocycles. The van der Waals surface area contributed by atoms with Crippen LogP contribution < -0.4 is 15.0 Å². The molecule has 0 fully saturated rings.